The van der Waals surface area contributed by atoms with Crippen LogP contribution < -0.4 is 4.74 Å². The van der Waals surface area contributed by atoms with E-state index in [9.17, 15) is 8.42 Å². The molecule has 1 aromatic heterocycles. The molecule has 0 amide bonds. The largest absolute Gasteiger partial charge is 0.437 e. The van der Waals surface area contributed by atoms with Crippen LogP contribution in [0.25, 0.3) is 0 Å². The molecule has 0 spiro atoms. The summed E-state index contributed by atoms with van der Waals surface area (Å²) in [5, 5.41) is 0. The molecule has 0 unspecified atom stereocenters. The van der Waals surface area contributed by atoms with Crippen molar-refractivity contribution in [3.05, 3.63) is 46.2 Å². The van der Waals surface area contributed by atoms with Gasteiger partial charge >= 0.3 is 0 Å². The molecule has 2 rings (SSSR count). The van der Waals surface area contributed by atoms with Crippen LogP contribution in [-0.2, 0) is 9.05 Å². The number of hydrogen-bond donors (Lipinski definition) is 0. The van der Waals surface area contributed by atoms with E-state index in [1.54, 1.807) is 12.1 Å². The van der Waals surface area contributed by atoms with Gasteiger partial charge in [0.25, 0.3) is 9.05 Å². The van der Waals surface area contributed by atoms with E-state index in [4.69, 9.17) is 15.4 Å². The van der Waals surface area contributed by atoms with Crippen molar-refractivity contribution in [3.63, 3.8) is 0 Å². The zero-order chi connectivity index (χ0) is 13.2. The first-order valence-corrected chi connectivity index (χ1v) is 8.19. The van der Waals surface area contributed by atoms with Gasteiger partial charge in [0.15, 0.2) is 0 Å². The monoisotopic (exact) mass is 395 g/mol. The van der Waals surface area contributed by atoms with Crippen molar-refractivity contribution in [2.24, 2.45) is 0 Å². The number of rotatable bonds is 3. The van der Waals surface area contributed by atoms with E-state index in [1.807, 2.05) is 12.1 Å². The predicted octanol–water partition coefficient (Wildman–Crippen LogP) is 3.41. The first-order chi connectivity index (χ1) is 8.48. The van der Waals surface area contributed by atoms with Crippen molar-refractivity contribution in [2.75, 3.05) is 0 Å². The molecule has 0 N–H and O–H groups in total. The van der Waals surface area contributed by atoms with Crippen LogP contribution in [0.2, 0.25) is 0 Å². The third-order valence-corrected chi connectivity index (χ3v) is 4.27. The van der Waals surface area contributed by atoms with Crippen molar-refractivity contribution in [1.82, 2.24) is 4.98 Å². The summed E-state index contributed by atoms with van der Waals surface area (Å²) in [6.07, 6.45) is 1.44. The second-order valence-electron chi connectivity index (χ2n) is 3.28. The Morgan fingerprint density at radius 3 is 2.56 bits per heavy atom. The summed E-state index contributed by atoms with van der Waals surface area (Å²) < 4.78 is 29.1. The lowest BCUT2D eigenvalue weighted by Gasteiger charge is -2.08. The summed E-state index contributed by atoms with van der Waals surface area (Å²) in [5.41, 5.74) is 0. The van der Waals surface area contributed by atoms with E-state index in [1.165, 1.54) is 18.3 Å². The highest BCUT2D eigenvalue weighted by molar-refractivity contribution is 14.1. The van der Waals surface area contributed by atoms with Crippen molar-refractivity contribution in [3.8, 4) is 11.6 Å². The van der Waals surface area contributed by atoms with E-state index in [0.29, 0.717) is 5.75 Å². The number of hydrogen-bond acceptors (Lipinski definition) is 4. The number of aromatic nitrogens is 1. The van der Waals surface area contributed by atoms with E-state index in [-0.39, 0.29) is 10.8 Å². The van der Waals surface area contributed by atoms with Crippen LogP contribution in [0.4, 0.5) is 0 Å². The molecule has 1 heterocycles. The topological polar surface area (TPSA) is 56.3 Å². The quantitative estimate of drug-likeness (QED) is 0.590. The molecule has 0 radical (unpaired) electrons. The molecule has 0 bridgehead atoms. The summed E-state index contributed by atoms with van der Waals surface area (Å²) in [6.45, 7) is 0. The van der Waals surface area contributed by atoms with Crippen LogP contribution in [0, 0.1) is 3.57 Å². The number of nitrogens with zero attached hydrogens (tertiary/aromatic N) is 1. The molecule has 2 aromatic rings. The summed E-state index contributed by atoms with van der Waals surface area (Å²) in [4.78, 5) is 3.75. The summed E-state index contributed by atoms with van der Waals surface area (Å²) in [6, 6.07) is 10.0. The minimum absolute atomic E-state index is 0.0309. The van der Waals surface area contributed by atoms with Gasteiger partial charge in [-0.15, -0.1) is 0 Å². The molecule has 0 saturated carbocycles. The van der Waals surface area contributed by atoms with Gasteiger partial charge in [-0.1, -0.05) is 12.1 Å². The minimum atomic E-state index is -3.88. The molecular formula is C11H7ClINO3S. The maximum absolute atomic E-state index is 11.4. The normalized spacial score (nSPS) is 11.2. The fourth-order valence-corrected chi connectivity index (χ4v) is 2.66. The first-order valence-electron chi connectivity index (χ1n) is 4.80. The molecule has 0 aliphatic rings. The maximum Gasteiger partial charge on any atom is 0.266 e. The smallest absolute Gasteiger partial charge is 0.266 e. The molecule has 94 valence electrons. The van der Waals surface area contributed by atoms with Crippen LogP contribution in [0.1, 0.15) is 0 Å². The van der Waals surface area contributed by atoms with E-state index in [2.05, 4.69) is 27.6 Å². The van der Waals surface area contributed by atoms with Gasteiger partial charge in [0.1, 0.15) is 10.6 Å². The number of para-hydroxylation sites is 1. The van der Waals surface area contributed by atoms with Crippen molar-refractivity contribution >= 4 is 42.3 Å². The Morgan fingerprint density at radius 1 is 1.17 bits per heavy atom. The van der Waals surface area contributed by atoms with Crippen molar-refractivity contribution < 1.29 is 13.2 Å². The van der Waals surface area contributed by atoms with Crippen LogP contribution in [0.3, 0.4) is 0 Å². The number of ether oxygens (including phenoxy) is 1. The molecule has 1 aromatic carbocycles. The highest BCUT2D eigenvalue weighted by atomic mass is 127. The Kier molecular flexibility index (Phi) is 4.08. The molecule has 18 heavy (non-hydrogen) atoms. The third kappa shape index (κ3) is 3.12. The maximum atomic E-state index is 11.4. The average molecular weight is 396 g/mol. The van der Waals surface area contributed by atoms with Crippen LogP contribution in [0.5, 0.6) is 11.6 Å². The summed E-state index contributed by atoms with van der Waals surface area (Å²) >= 11 is 2.08. The SMILES string of the molecule is O=S(=O)(Cl)c1cccnc1Oc1ccccc1I. The Morgan fingerprint density at radius 2 is 1.89 bits per heavy atom. The average Bonchev–Trinajstić information content (AvgIpc) is 2.31. The Bertz CT molecular complexity index is 675. The van der Waals surface area contributed by atoms with Gasteiger partial charge in [0.2, 0.25) is 5.88 Å². The van der Waals surface area contributed by atoms with Gasteiger partial charge in [-0.2, -0.15) is 0 Å². The molecule has 7 heteroatoms. The lowest BCUT2D eigenvalue weighted by molar-refractivity contribution is 0.445. The molecule has 0 atom stereocenters. The number of halogens is 2. The second kappa shape index (κ2) is 5.41. The Balaban J connectivity index is 2.45. The van der Waals surface area contributed by atoms with E-state index in [0.717, 1.165) is 3.57 Å². The zero-order valence-corrected chi connectivity index (χ0v) is 12.6. The van der Waals surface area contributed by atoms with Crippen molar-refractivity contribution in [1.29, 1.82) is 0 Å². The van der Waals surface area contributed by atoms with Gasteiger partial charge in [0, 0.05) is 16.9 Å². The molecule has 0 aliphatic heterocycles. The Hall–Kier alpha value is -0.860. The minimum Gasteiger partial charge on any atom is -0.437 e. The number of benzene rings is 1. The van der Waals surface area contributed by atoms with Gasteiger partial charge < -0.3 is 4.74 Å². The second-order valence-corrected chi connectivity index (χ2v) is 6.97. The van der Waals surface area contributed by atoms with E-state index >= 15 is 0 Å². The standard InChI is InChI=1S/C11H7ClINO3S/c12-18(15,16)10-6-3-7-14-11(10)17-9-5-2-1-4-8(9)13/h1-7H. The van der Waals surface area contributed by atoms with Crippen LogP contribution >= 0.6 is 33.3 Å². The zero-order valence-electron chi connectivity index (χ0n) is 8.88. The predicted molar refractivity (Wildman–Crippen MR) is 76.5 cm³/mol. The van der Waals surface area contributed by atoms with Crippen molar-refractivity contribution in [2.45, 2.75) is 4.90 Å². The Labute approximate surface area is 123 Å². The molecule has 0 saturated heterocycles. The van der Waals surface area contributed by atoms with Crippen LogP contribution in [-0.4, -0.2) is 13.4 Å². The fourth-order valence-electron chi connectivity index (χ4n) is 1.27. The summed E-state index contributed by atoms with van der Waals surface area (Å²) in [7, 11) is 1.44. The molecular weight excluding hydrogens is 389 g/mol. The molecule has 0 fully saturated rings. The summed E-state index contributed by atoms with van der Waals surface area (Å²) in [5.74, 6) is 0.495. The number of pyridine rings is 1. The fraction of sp³-hybridized carbons (Fsp3) is 0. The molecule has 0 aliphatic carbocycles. The highest BCUT2D eigenvalue weighted by Crippen LogP contribution is 2.30. The van der Waals surface area contributed by atoms with Gasteiger partial charge in [-0.25, -0.2) is 13.4 Å². The van der Waals surface area contributed by atoms with Gasteiger partial charge in [-0.3, -0.25) is 0 Å². The lowest BCUT2D eigenvalue weighted by atomic mass is 10.3. The van der Waals surface area contributed by atoms with E-state index < -0.39 is 9.05 Å². The highest BCUT2D eigenvalue weighted by Gasteiger charge is 2.18. The van der Waals surface area contributed by atoms with Gasteiger partial charge in [-0.05, 0) is 46.9 Å². The van der Waals surface area contributed by atoms with Crippen LogP contribution in [0.15, 0.2) is 47.5 Å². The first kappa shape index (κ1) is 13.6. The van der Waals surface area contributed by atoms with Gasteiger partial charge in [0.05, 0.1) is 3.57 Å². The molecule has 4 nitrogen and oxygen atoms in total. The lowest BCUT2D eigenvalue weighted by Crippen LogP contribution is -1.98. The third-order valence-electron chi connectivity index (χ3n) is 2.04.